The van der Waals surface area contributed by atoms with E-state index < -0.39 is 0 Å². The molecule has 0 aromatic carbocycles. The van der Waals surface area contributed by atoms with Gasteiger partial charge in [0, 0.05) is 62.0 Å². The number of hydrogen-bond acceptors (Lipinski definition) is 9. The molecule has 4 N–H and O–H groups in total. The maximum absolute atomic E-state index is 3.86. The van der Waals surface area contributed by atoms with Gasteiger partial charge in [-0.2, -0.15) is 5.10 Å². The highest BCUT2D eigenvalue weighted by molar-refractivity contribution is 8.04. The van der Waals surface area contributed by atoms with Crippen LogP contribution in [-0.2, 0) is 0 Å². The summed E-state index contributed by atoms with van der Waals surface area (Å²) in [5.74, 6) is 0. The molecular formula is C27H38N8S. The number of hydrazone groups is 1. The fourth-order valence-corrected chi connectivity index (χ4v) is 2.86. The second kappa shape index (κ2) is 27.6. The Morgan fingerprint density at radius 2 is 1.31 bits per heavy atom. The normalized spacial score (nSPS) is 18.0. The van der Waals surface area contributed by atoms with Gasteiger partial charge in [-0.25, -0.2) is 4.99 Å². The molecule has 0 amide bonds. The van der Waals surface area contributed by atoms with Crippen LogP contribution in [0.2, 0.25) is 0 Å². The molecule has 1 saturated heterocycles. The van der Waals surface area contributed by atoms with E-state index in [1.807, 2.05) is 65.7 Å². The average Bonchev–Trinajstić information content (AvgIpc) is 3.55. The molecule has 0 aromatic heterocycles. The topological polar surface area (TPSA) is 97.6 Å². The quantitative estimate of drug-likeness (QED) is 0.359. The Kier molecular flexibility index (Phi) is 23.2. The summed E-state index contributed by atoms with van der Waals surface area (Å²) in [4.78, 5) is 11.5. The highest BCUT2D eigenvalue weighted by Gasteiger charge is 1.94. The van der Waals surface area contributed by atoms with Gasteiger partial charge in [-0.05, 0) is 73.2 Å². The molecule has 8 nitrogen and oxygen atoms in total. The summed E-state index contributed by atoms with van der Waals surface area (Å²) in [6, 6.07) is 0. The average molecular weight is 507 g/mol. The van der Waals surface area contributed by atoms with E-state index in [1.165, 1.54) is 45.2 Å². The van der Waals surface area contributed by atoms with Gasteiger partial charge in [0.05, 0.1) is 6.34 Å². The third kappa shape index (κ3) is 24.9. The van der Waals surface area contributed by atoms with Crippen molar-refractivity contribution in [2.75, 3.05) is 13.1 Å². The van der Waals surface area contributed by atoms with E-state index in [9.17, 15) is 0 Å². The van der Waals surface area contributed by atoms with E-state index in [0.717, 1.165) is 0 Å². The maximum atomic E-state index is 3.86. The molecule has 1 fully saturated rings. The number of hydrogen-bond donors (Lipinski definition) is 4. The van der Waals surface area contributed by atoms with Crippen molar-refractivity contribution in [1.82, 2.24) is 21.4 Å². The van der Waals surface area contributed by atoms with Crippen LogP contribution in [0, 0.1) is 0 Å². The van der Waals surface area contributed by atoms with Gasteiger partial charge in [0.2, 0.25) is 0 Å². The van der Waals surface area contributed by atoms with Crippen molar-refractivity contribution >= 4 is 36.7 Å². The van der Waals surface area contributed by atoms with E-state index in [0.29, 0.717) is 0 Å². The molecule has 5 rings (SSSR count). The van der Waals surface area contributed by atoms with Crippen LogP contribution in [0.3, 0.4) is 0 Å². The number of thioether (sulfide) groups is 1. The van der Waals surface area contributed by atoms with Crippen molar-refractivity contribution in [3.8, 4) is 0 Å². The summed E-state index contributed by atoms with van der Waals surface area (Å²) in [7, 11) is 0. The van der Waals surface area contributed by atoms with Gasteiger partial charge < -0.3 is 16.0 Å². The molecular weight excluding hydrogens is 468 g/mol. The Morgan fingerprint density at radius 1 is 0.528 bits per heavy atom. The van der Waals surface area contributed by atoms with Crippen LogP contribution in [0.5, 0.6) is 0 Å². The zero-order chi connectivity index (χ0) is 25.5. The predicted molar refractivity (Wildman–Crippen MR) is 160 cm³/mol. The fraction of sp³-hybridized carbons (Fsp3) is 0.259. The summed E-state index contributed by atoms with van der Waals surface area (Å²) < 4.78 is 0. The van der Waals surface area contributed by atoms with Gasteiger partial charge >= 0.3 is 0 Å². The zero-order valence-corrected chi connectivity index (χ0v) is 21.5. The first-order valence-electron chi connectivity index (χ1n) is 12.0. The van der Waals surface area contributed by atoms with Crippen LogP contribution >= 0.6 is 11.8 Å². The molecule has 0 bridgehead atoms. The molecule has 0 spiro atoms. The SMILES string of the molecule is C1=CC=NNC=C1.C1=CN=CNC=C1.C1=CNC=CN=C1.C1=CSC=CN=C1.C1CCCNCCC1. The Morgan fingerprint density at radius 3 is 2.22 bits per heavy atom. The van der Waals surface area contributed by atoms with Crippen molar-refractivity contribution < 1.29 is 0 Å². The lowest BCUT2D eigenvalue weighted by Gasteiger charge is -2.08. The van der Waals surface area contributed by atoms with Gasteiger partial charge in [-0.15, -0.1) is 11.8 Å². The van der Waals surface area contributed by atoms with Crippen LogP contribution in [-0.4, -0.2) is 38.1 Å². The van der Waals surface area contributed by atoms with E-state index in [2.05, 4.69) is 41.5 Å². The predicted octanol–water partition coefficient (Wildman–Crippen LogP) is 5.26. The van der Waals surface area contributed by atoms with E-state index in [4.69, 9.17) is 0 Å². The molecule has 36 heavy (non-hydrogen) atoms. The van der Waals surface area contributed by atoms with Gasteiger partial charge in [0.25, 0.3) is 0 Å². The Balaban J connectivity index is 0.000000225. The number of allylic oxidation sites excluding steroid dienone is 7. The second-order valence-corrected chi connectivity index (χ2v) is 7.82. The van der Waals surface area contributed by atoms with Gasteiger partial charge in [0.1, 0.15) is 0 Å². The van der Waals surface area contributed by atoms with Crippen molar-refractivity contribution in [1.29, 1.82) is 0 Å². The molecule has 5 aliphatic heterocycles. The first kappa shape index (κ1) is 30.3. The monoisotopic (exact) mass is 506 g/mol. The molecule has 9 heteroatoms. The van der Waals surface area contributed by atoms with E-state index in [-0.39, 0.29) is 0 Å². The molecule has 0 aliphatic carbocycles. The lowest BCUT2D eigenvalue weighted by Crippen LogP contribution is -2.18. The fourth-order valence-electron chi connectivity index (χ4n) is 2.47. The van der Waals surface area contributed by atoms with Crippen LogP contribution in [0.25, 0.3) is 0 Å². The molecule has 5 aliphatic rings. The minimum absolute atomic E-state index is 1.25. The third-order valence-electron chi connectivity index (χ3n) is 4.14. The van der Waals surface area contributed by atoms with Gasteiger partial charge in [0.15, 0.2) is 0 Å². The first-order valence-corrected chi connectivity index (χ1v) is 12.9. The van der Waals surface area contributed by atoms with E-state index >= 15 is 0 Å². The molecule has 5 heterocycles. The number of nitrogens with one attached hydrogen (secondary N) is 4. The highest BCUT2D eigenvalue weighted by Crippen LogP contribution is 2.04. The second-order valence-electron chi connectivity index (χ2n) is 7.00. The molecule has 192 valence electrons. The van der Waals surface area contributed by atoms with Crippen LogP contribution in [0.15, 0.2) is 117 Å². The maximum Gasteiger partial charge on any atom is 0.0918 e. The minimum atomic E-state index is 1.25. The Bertz CT molecular complexity index is 666. The lowest BCUT2D eigenvalue weighted by atomic mass is 10.1. The summed E-state index contributed by atoms with van der Waals surface area (Å²) in [5.41, 5.74) is 2.67. The summed E-state index contributed by atoms with van der Waals surface area (Å²) in [5, 5.41) is 16.7. The molecule has 0 saturated carbocycles. The Hall–Kier alpha value is -3.69. The Labute approximate surface area is 220 Å². The smallest absolute Gasteiger partial charge is 0.0918 e. The zero-order valence-electron chi connectivity index (χ0n) is 20.7. The standard InChI is InChI=1S/C7H15N.3C5H6N2.C5H5NS/c1-2-4-6-8-7-5-3-1;1-2-6-4-5-7-3-1;1-2-4-7-5-6-3-1;1-2-4-6-7-5-3-1;1-2-6-3-5-7-4-1/h8H,1-7H2;1-6H;1-5H,(H,6,7);1-6H;1-5H. The van der Waals surface area contributed by atoms with Gasteiger partial charge in [-0.3, -0.25) is 15.4 Å². The van der Waals surface area contributed by atoms with Crippen LogP contribution in [0.4, 0.5) is 0 Å². The molecule has 0 aromatic rings. The summed E-state index contributed by atoms with van der Waals surface area (Å²) >= 11 is 1.63. The first-order chi connectivity index (χ1) is 18.0. The van der Waals surface area contributed by atoms with Crippen molar-refractivity contribution in [3.05, 3.63) is 96.7 Å². The van der Waals surface area contributed by atoms with Crippen LogP contribution in [0.1, 0.15) is 32.1 Å². The third-order valence-corrected chi connectivity index (χ3v) is 4.73. The highest BCUT2D eigenvalue weighted by atomic mass is 32.2. The van der Waals surface area contributed by atoms with Crippen molar-refractivity contribution in [2.24, 2.45) is 20.1 Å². The van der Waals surface area contributed by atoms with Gasteiger partial charge in [-0.1, -0.05) is 25.3 Å². The molecule has 0 atom stereocenters. The number of nitrogens with zero attached hydrogens (tertiary/aromatic N) is 4. The van der Waals surface area contributed by atoms with Crippen molar-refractivity contribution in [3.63, 3.8) is 0 Å². The van der Waals surface area contributed by atoms with Crippen molar-refractivity contribution in [2.45, 2.75) is 32.1 Å². The lowest BCUT2D eigenvalue weighted by molar-refractivity contribution is 0.516. The number of rotatable bonds is 0. The number of aliphatic imine (C=N–C) groups is 3. The largest absolute Gasteiger partial charge is 0.366 e. The molecule has 0 unspecified atom stereocenters. The summed E-state index contributed by atoms with van der Waals surface area (Å²) in [6.07, 6.45) is 39.4. The minimum Gasteiger partial charge on any atom is -0.366 e. The van der Waals surface area contributed by atoms with Crippen LogP contribution < -0.4 is 21.4 Å². The van der Waals surface area contributed by atoms with E-state index in [1.54, 1.807) is 67.7 Å². The summed E-state index contributed by atoms with van der Waals surface area (Å²) in [6.45, 7) is 2.50. The molecule has 0 radical (unpaired) electrons.